The Bertz CT molecular complexity index is 580. The van der Waals surface area contributed by atoms with E-state index in [1.54, 1.807) is 6.20 Å². The number of rotatable bonds is 4. The monoisotopic (exact) mass is 271 g/mol. The Hall–Kier alpha value is -2.14. The van der Waals surface area contributed by atoms with Crippen molar-refractivity contribution >= 4 is 5.91 Å². The lowest BCUT2D eigenvalue weighted by molar-refractivity contribution is -0.136. The maximum atomic E-state index is 12.2. The molecule has 1 aliphatic rings. The summed E-state index contributed by atoms with van der Waals surface area (Å²) >= 11 is 0. The largest absolute Gasteiger partial charge is 0.282 e. The van der Waals surface area contributed by atoms with E-state index in [-0.39, 0.29) is 11.8 Å². The molecule has 2 aromatic rings. The highest BCUT2D eigenvalue weighted by molar-refractivity contribution is 5.83. The number of amides is 1. The highest BCUT2D eigenvalue weighted by Crippen LogP contribution is 2.30. The normalized spacial score (nSPS) is 17.5. The van der Waals surface area contributed by atoms with Crippen LogP contribution in [0.3, 0.4) is 0 Å². The van der Waals surface area contributed by atoms with E-state index in [1.807, 2.05) is 30.3 Å². The van der Waals surface area contributed by atoms with Crippen LogP contribution in [0.2, 0.25) is 0 Å². The average molecular weight is 271 g/mol. The summed E-state index contributed by atoms with van der Waals surface area (Å²) in [7, 11) is 0. The van der Waals surface area contributed by atoms with Crippen molar-refractivity contribution in [3.8, 4) is 0 Å². The van der Waals surface area contributed by atoms with Gasteiger partial charge in [-0.15, -0.1) is 0 Å². The van der Waals surface area contributed by atoms with Gasteiger partial charge in [-0.1, -0.05) is 30.3 Å². The van der Waals surface area contributed by atoms with Gasteiger partial charge in [0.25, 0.3) is 5.91 Å². The van der Waals surface area contributed by atoms with E-state index in [9.17, 15) is 4.79 Å². The quantitative estimate of drug-likeness (QED) is 0.837. The minimum absolute atomic E-state index is 0.0942. The van der Waals surface area contributed by atoms with Crippen molar-refractivity contribution in [3.63, 3.8) is 0 Å². The summed E-state index contributed by atoms with van der Waals surface area (Å²) in [4.78, 5) is 17.5. The zero-order valence-electron chi connectivity index (χ0n) is 11.1. The third-order valence-corrected chi connectivity index (χ3v) is 3.62. The van der Waals surface area contributed by atoms with Crippen molar-refractivity contribution in [2.75, 3.05) is 0 Å². The number of H-pyrrole nitrogens is 1. The van der Waals surface area contributed by atoms with E-state index >= 15 is 0 Å². The Labute approximate surface area is 117 Å². The molecule has 2 N–H and O–H groups in total. The van der Waals surface area contributed by atoms with Crippen LogP contribution in [-0.2, 0) is 22.7 Å². The molecule has 1 aromatic carbocycles. The van der Waals surface area contributed by atoms with E-state index in [2.05, 4.69) is 15.7 Å². The summed E-state index contributed by atoms with van der Waals surface area (Å²) < 4.78 is 0. The number of hydroxylamine groups is 1. The van der Waals surface area contributed by atoms with Crippen LogP contribution in [0.5, 0.6) is 0 Å². The van der Waals surface area contributed by atoms with E-state index < -0.39 is 0 Å². The van der Waals surface area contributed by atoms with Crippen LogP contribution in [-0.4, -0.2) is 16.1 Å². The first-order chi connectivity index (χ1) is 9.84. The minimum atomic E-state index is -0.159. The highest BCUT2D eigenvalue weighted by Gasteiger charge is 2.27. The summed E-state index contributed by atoms with van der Waals surface area (Å²) in [5.74, 6) is -0.253. The number of aryl methyl sites for hydroxylation is 1. The van der Waals surface area contributed by atoms with E-state index in [1.165, 1.54) is 0 Å². The molecule has 1 aliphatic carbocycles. The second-order valence-electron chi connectivity index (χ2n) is 4.99. The lowest BCUT2D eigenvalue weighted by atomic mass is 9.87. The number of aromatic amines is 1. The molecule has 20 heavy (non-hydrogen) atoms. The van der Waals surface area contributed by atoms with Gasteiger partial charge < -0.3 is 0 Å². The second kappa shape index (κ2) is 5.88. The molecule has 1 amide bonds. The van der Waals surface area contributed by atoms with Crippen LogP contribution in [0.15, 0.2) is 36.5 Å². The van der Waals surface area contributed by atoms with E-state index in [0.717, 1.165) is 36.1 Å². The fourth-order valence-corrected chi connectivity index (χ4v) is 2.57. The Morgan fingerprint density at radius 1 is 1.40 bits per heavy atom. The van der Waals surface area contributed by atoms with Crippen molar-refractivity contribution in [1.82, 2.24) is 15.7 Å². The van der Waals surface area contributed by atoms with E-state index in [4.69, 9.17) is 4.84 Å². The summed E-state index contributed by atoms with van der Waals surface area (Å²) in [6.45, 7) is 0.373. The van der Waals surface area contributed by atoms with Gasteiger partial charge >= 0.3 is 0 Å². The van der Waals surface area contributed by atoms with Gasteiger partial charge in [0, 0.05) is 11.3 Å². The van der Waals surface area contributed by atoms with Gasteiger partial charge in [-0.25, -0.2) is 5.48 Å². The van der Waals surface area contributed by atoms with E-state index in [0.29, 0.717) is 6.61 Å². The van der Waals surface area contributed by atoms with Crippen LogP contribution in [0.4, 0.5) is 0 Å². The molecule has 1 unspecified atom stereocenters. The third-order valence-electron chi connectivity index (χ3n) is 3.62. The van der Waals surface area contributed by atoms with Crippen molar-refractivity contribution < 1.29 is 9.63 Å². The molecule has 5 nitrogen and oxygen atoms in total. The molecular formula is C15H17N3O2. The second-order valence-corrected chi connectivity index (χ2v) is 4.99. The fraction of sp³-hybridized carbons (Fsp3) is 0.333. The fourth-order valence-electron chi connectivity index (χ4n) is 2.57. The van der Waals surface area contributed by atoms with Gasteiger partial charge in [0.2, 0.25) is 0 Å². The van der Waals surface area contributed by atoms with Crippen molar-refractivity contribution in [3.05, 3.63) is 53.3 Å². The highest BCUT2D eigenvalue weighted by atomic mass is 16.6. The Morgan fingerprint density at radius 2 is 2.25 bits per heavy atom. The average Bonchev–Trinajstić information content (AvgIpc) is 2.96. The summed E-state index contributed by atoms with van der Waals surface area (Å²) in [6, 6.07) is 9.76. The molecule has 0 saturated carbocycles. The van der Waals surface area contributed by atoms with Gasteiger partial charge in [-0.3, -0.25) is 14.7 Å². The molecular weight excluding hydrogens is 254 g/mol. The zero-order chi connectivity index (χ0) is 13.8. The number of aromatic nitrogens is 2. The molecule has 3 rings (SSSR count). The summed E-state index contributed by atoms with van der Waals surface area (Å²) in [5, 5.41) is 6.97. The number of fused-ring (bicyclic) bond motifs is 1. The standard InChI is InChI=1S/C15H17N3O2/c19-15(18-20-10-11-5-2-1-3-6-11)12-7-4-8-14-13(12)9-16-17-14/h1-3,5-6,9,12H,4,7-8,10H2,(H,16,17)(H,18,19). The molecule has 1 atom stereocenters. The molecule has 1 heterocycles. The zero-order valence-corrected chi connectivity index (χ0v) is 11.1. The van der Waals surface area contributed by atoms with Crippen LogP contribution in [0, 0.1) is 0 Å². The smallest absolute Gasteiger partial charge is 0.251 e. The number of hydrogen-bond acceptors (Lipinski definition) is 3. The van der Waals surface area contributed by atoms with Crippen molar-refractivity contribution in [2.45, 2.75) is 31.8 Å². The Morgan fingerprint density at radius 3 is 3.10 bits per heavy atom. The predicted octanol–water partition coefficient (Wildman–Crippen LogP) is 2.08. The number of carbonyl (C=O) groups is 1. The third kappa shape index (κ3) is 2.72. The summed E-state index contributed by atoms with van der Waals surface area (Å²) in [5.41, 5.74) is 5.65. The Kier molecular flexibility index (Phi) is 3.78. The van der Waals surface area contributed by atoms with Crippen LogP contribution >= 0.6 is 0 Å². The SMILES string of the molecule is O=C(NOCc1ccccc1)C1CCCc2[nH]ncc21. The van der Waals surface area contributed by atoms with Gasteiger partial charge in [-0.05, 0) is 24.8 Å². The first-order valence-electron chi connectivity index (χ1n) is 6.82. The number of carbonyl (C=O) groups excluding carboxylic acids is 1. The molecule has 1 aromatic heterocycles. The number of benzene rings is 1. The molecule has 104 valence electrons. The molecule has 0 radical (unpaired) electrons. The Balaban J connectivity index is 1.56. The van der Waals surface area contributed by atoms with Gasteiger partial charge in [0.05, 0.1) is 18.7 Å². The molecule has 0 spiro atoms. The topological polar surface area (TPSA) is 67.0 Å². The van der Waals surface area contributed by atoms with Gasteiger partial charge in [0.1, 0.15) is 0 Å². The molecule has 5 heteroatoms. The summed E-state index contributed by atoms with van der Waals surface area (Å²) in [6.07, 6.45) is 4.54. The van der Waals surface area contributed by atoms with Crippen LogP contribution in [0.1, 0.15) is 35.6 Å². The van der Waals surface area contributed by atoms with Gasteiger partial charge in [-0.2, -0.15) is 5.10 Å². The minimum Gasteiger partial charge on any atom is -0.282 e. The van der Waals surface area contributed by atoms with Crippen molar-refractivity contribution in [2.24, 2.45) is 0 Å². The first kappa shape index (κ1) is 12.9. The van der Waals surface area contributed by atoms with Gasteiger partial charge in [0.15, 0.2) is 0 Å². The predicted molar refractivity (Wildman–Crippen MR) is 73.6 cm³/mol. The number of nitrogens with zero attached hydrogens (tertiary/aromatic N) is 1. The lowest BCUT2D eigenvalue weighted by Gasteiger charge is -2.20. The number of nitrogens with one attached hydrogen (secondary N) is 2. The van der Waals surface area contributed by atoms with Crippen molar-refractivity contribution in [1.29, 1.82) is 0 Å². The lowest BCUT2D eigenvalue weighted by Crippen LogP contribution is -2.31. The molecule has 0 saturated heterocycles. The maximum absolute atomic E-state index is 12.2. The molecule has 0 fully saturated rings. The van der Waals surface area contributed by atoms with Crippen LogP contribution < -0.4 is 5.48 Å². The molecule has 0 aliphatic heterocycles. The maximum Gasteiger partial charge on any atom is 0.251 e. The molecule has 0 bridgehead atoms. The number of hydrogen-bond donors (Lipinski definition) is 2. The van der Waals surface area contributed by atoms with Crippen LogP contribution in [0.25, 0.3) is 0 Å². The first-order valence-corrected chi connectivity index (χ1v) is 6.82.